The van der Waals surface area contributed by atoms with E-state index in [9.17, 15) is 0 Å². The number of nitrogens with one attached hydrogen (secondary N) is 1. The highest BCUT2D eigenvalue weighted by molar-refractivity contribution is 5.86. The van der Waals surface area contributed by atoms with Gasteiger partial charge >= 0.3 is 0 Å². The fraction of sp³-hybridized carbons (Fsp3) is 0.0870. The lowest BCUT2D eigenvalue weighted by Gasteiger charge is -2.19. The molecule has 0 fully saturated rings. The number of pyridine rings is 1. The highest BCUT2D eigenvalue weighted by Crippen LogP contribution is 2.32. The molecule has 140 valence electrons. The van der Waals surface area contributed by atoms with Crippen LogP contribution < -0.4 is 5.32 Å². The Kier molecular flexibility index (Phi) is 4.29. The fourth-order valence-corrected chi connectivity index (χ4v) is 3.49. The summed E-state index contributed by atoms with van der Waals surface area (Å²) in [7, 11) is 0. The van der Waals surface area contributed by atoms with Gasteiger partial charge in [0.15, 0.2) is 5.65 Å². The first-order chi connectivity index (χ1) is 14.3. The van der Waals surface area contributed by atoms with Crippen LogP contribution in [0, 0.1) is 0 Å². The van der Waals surface area contributed by atoms with Crippen LogP contribution in [-0.2, 0) is 0 Å². The molecule has 3 aromatic heterocycles. The number of nitrogens with zero attached hydrogens (tertiary/aromatic N) is 5. The van der Waals surface area contributed by atoms with Crippen molar-refractivity contribution in [2.24, 2.45) is 0 Å². The molecule has 6 nitrogen and oxygen atoms in total. The number of fused-ring (bicyclic) bond motifs is 2. The maximum Gasteiger partial charge on any atom is 0.167 e. The molecule has 1 atom stereocenters. The molecule has 0 saturated carbocycles. The number of para-hydroxylation sites is 1. The first kappa shape index (κ1) is 17.2. The molecule has 0 spiro atoms. The van der Waals surface area contributed by atoms with E-state index in [-0.39, 0.29) is 6.04 Å². The lowest BCUT2D eigenvalue weighted by molar-refractivity contribution is 0.873. The van der Waals surface area contributed by atoms with Gasteiger partial charge in [-0.25, -0.2) is 24.9 Å². The molecule has 1 N–H and O–H groups in total. The first-order valence-corrected chi connectivity index (χ1v) is 9.42. The van der Waals surface area contributed by atoms with Gasteiger partial charge in [0.1, 0.15) is 18.5 Å². The van der Waals surface area contributed by atoms with E-state index in [1.165, 1.54) is 12.7 Å². The normalized spacial score (nSPS) is 12.2. The SMILES string of the molecule is CC(Nc1ncnc2ncncc12)c1cc2ccccc2nc1-c1ccccc1. The molecule has 0 radical (unpaired) electrons. The van der Waals surface area contributed by atoms with Crippen molar-refractivity contribution in [1.82, 2.24) is 24.9 Å². The third-order valence-electron chi connectivity index (χ3n) is 4.93. The van der Waals surface area contributed by atoms with Crippen LogP contribution >= 0.6 is 0 Å². The molecule has 29 heavy (non-hydrogen) atoms. The molecule has 5 aromatic rings. The summed E-state index contributed by atoms with van der Waals surface area (Å²) in [4.78, 5) is 21.9. The van der Waals surface area contributed by atoms with Crippen molar-refractivity contribution < 1.29 is 0 Å². The summed E-state index contributed by atoms with van der Waals surface area (Å²) < 4.78 is 0. The Hall–Kier alpha value is -3.93. The molecule has 3 heterocycles. The number of aromatic nitrogens is 5. The van der Waals surface area contributed by atoms with Crippen LogP contribution in [0.15, 0.2) is 79.5 Å². The van der Waals surface area contributed by atoms with Gasteiger partial charge in [-0.1, -0.05) is 48.5 Å². The minimum Gasteiger partial charge on any atom is -0.363 e. The number of rotatable bonds is 4. The van der Waals surface area contributed by atoms with Crippen LogP contribution in [-0.4, -0.2) is 24.9 Å². The van der Waals surface area contributed by atoms with Crippen LogP contribution in [0.2, 0.25) is 0 Å². The number of hydrogen-bond acceptors (Lipinski definition) is 6. The summed E-state index contributed by atoms with van der Waals surface area (Å²) in [5, 5.41) is 5.40. The van der Waals surface area contributed by atoms with Crippen LogP contribution in [0.25, 0.3) is 33.2 Å². The van der Waals surface area contributed by atoms with Crippen molar-refractivity contribution in [3.05, 3.63) is 85.1 Å². The van der Waals surface area contributed by atoms with Gasteiger partial charge in [-0.15, -0.1) is 0 Å². The Morgan fingerprint density at radius 2 is 1.66 bits per heavy atom. The van der Waals surface area contributed by atoms with Gasteiger partial charge in [0, 0.05) is 22.7 Å². The Bertz CT molecular complexity index is 1300. The van der Waals surface area contributed by atoms with Crippen molar-refractivity contribution in [3.63, 3.8) is 0 Å². The molecule has 0 aliphatic carbocycles. The summed E-state index contributed by atoms with van der Waals surface area (Å²) in [6.07, 6.45) is 4.73. The van der Waals surface area contributed by atoms with E-state index in [2.05, 4.69) is 56.4 Å². The molecule has 5 rings (SSSR count). The maximum atomic E-state index is 4.97. The topological polar surface area (TPSA) is 76.5 Å². The maximum absolute atomic E-state index is 4.97. The predicted molar refractivity (Wildman–Crippen MR) is 114 cm³/mol. The zero-order valence-corrected chi connectivity index (χ0v) is 15.8. The summed E-state index contributed by atoms with van der Waals surface area (Å²) in [5.41, 5.74) is 4.73. The van der Waals surface area contributed by atoms with E-state index in [1.54, 1.807) is 6.20 Å². The summed E-state index contributed by atoms with van der Waals surface area (Å²) >= 11 is 0. The molecular formula is C23H18N6. The highest BCUT2D eigenvalue weighted by atomic mass is 15.1. The first-order valence-electron chi connectivity index (χ1n) is 9.42. The average molecular weight is 378 g/mol. The fourth-order valence-electron chi connectivity index (χ4n) is 3.49. The highest BCUT2D eigenvalue weighted by Gasteiger charge is 2.17. The standard InChI is InChI=1S/C23H18N6/c1-15(28-23-19-12-24-13-25-22(19)26-14-27-23)18-11-17-9-5-6-10-20(17)29-21(18)16-7-3-2-4-8-16/h2-15H,1H3,(H,24,25,26,27,28). The van der Waals surface area contributed by atoms with Crippen molar-refractivity contribution in [2.45, 2.75) is 13.0 Å². The number of hydrogen-bond donors (Lipinski definition) is 1. The summed E-state index contributed by atoms with van der Waals surface area (Å²) in [6.45, 7) is 2.11. The molecule has 6 heteroatoms. The number of benzene rings is 2. The second-order valence-electron chi connectivity index (χ2n) is 6.83. The van der Waals surface area contributed by atoms with Crippen LogP contribution in [0.5, 0.6) is 0 Å². The summed E-state index contributed by atoms with van der Waals surface area (Å²) in [5.74, 6) is 0.704. The van der Waals surface area contributed by atoms with E-state index >= 15 is 0 Å². The Morgan fingerprint density at radius 1 is 0.862 bits per heavy atom. The van der Waals surface area contributed by atoms with Gasteiger partial charge in [-0.2, -0.15) is 0 Å². The van der Waals surface area contributed by atoms with Gasteiger partial charge in [-0.05, 0) is 19.1 Å². The molecule has 0 aliphatic rings. The van der Waals surface area contributed by atoms with E-state index in [1.807, 2.05) is 36.4 Å². The smallest absolute Gasteiger partial charge is 0.167 e. The summed E-state index contributed by atoms with van der Waals surface area (Å²) in [6, 6.07) is 20.6. The molecule has 0 aliphatic heterocycles. The quantitative estimate of drug-likeness (QED) is 0.484. The third kappa shape index (κ3) is 3.25. The Morgan fingerprint density at radius 3 is 2.55 bits per heavy atom. The number of anilines is 1. The van der Waals surface area contributed by atoms with Gasteiger partial charge < -0.3 is 5.32 Å². The van der Waals surface area contributed by atoms with Crippen molar-refractivity contribution in [3.8, 4) is 11.3 Å². The van der Waals surface area contributed by atoms with Crippen LogP contribution in [0.1, 0.15) is 18.5 Å². The van der Waals surface area contributed by atoms with Crippen LogP contribution in [0.3, 0.4) is 0 Å². The van der Waals surface area contributed by atoms with Gasteiger partial charge in [0.05, 0.1) is 22.6 Å². The largest absolute Gasteiger partial charge is 0.363 e. The zero-order valence-electron chi connectivity index (χ0n) is 15.8. The Labute approximate surface area is 167 Å². The third-order valence-corrected chi connectivity index (χ3v) is 4.93. The van der Waals surface area contributed by atoms with Crippen molar-refractivity contribution >= 4 is 27.8 Å². The average Bonchev–Trinajstić information content (AvgIpc) is 2.79. The lowest BCUT2D eigenvalue weighted by Crippen LogP contribution is -2.11. The molecule has 2 aromatic carbocycles. The molecule has 0 amide bonds. The minimum absolute atomic E-state index is 0.0411. The minimum atomic E-state index is -0.0411. The van der Waals surface area contributed by atoms with Crippen molar-refractivity contribution in [2.75, 3.05) is 5.32 Å². The van der Waals surface area contributed by atoms with E-state index in [4.69, 9.17) is 4.98 Å². The van der Waals surface area contributed by atoms with E-state index in [0.29, 0.717) is 11.5 Å². The predicted octanol–water partition coefficient (Wildman–Crippen LogP) is 4.81. The van der Waals surface area contributed by atoms with Crippen LogP contribution in [0.4, 0.5) is 5.82 Å². The van der Waals surface area contributed by atoms with Crippen molar-refractivity contribution in [1.29, 1.82) is 0 Å². The van der Waals surface area contributed by atoms with Gasteiger partial charge in [0.2, 0.25) is 0 Å². The molecule has 0 bridgehead atoms. The van der Waals surface area contributed by atoms with E-state index in [0.717, 1.165) is 33.1 Å². The Balaban J connectivity index is 1.63. The van der Waals surface area contributed by atoms with E-state index < -0.39 is 0 Å². The second kappa shape index (κ2) is 7.24. The second-order valence-corrected chi connectivity index (χ2v) is 6.83. The molecular weight excluding hydrogens is 360 g/mol. The lowest BCUT2D eigenvalue weighted by atomic mass is 9.98. The molecule has 0 saturated heterocycles. The van der Waals surface area contributed by atoms with Gasteiger partial charge in [-0.3, -0.25) is 0 Å². The monoisotopic (exact) mass is 378 g/mol. The van der Waals surface area contributed by atoms with Gasteiger partial charge in [0.25, 0.3) is 0 Å². The molecule has 1 unspecified atom stereocenters. The zero-order chi connectivity index (χ0) is 19.6.